The molecule has 1 fully saturated rings. The van der Waals surface area contributed by atoms with Gasteiger partial charge in [0.05, 0.1) is 5.01 Å². The summed E-state index contributed by atoms with van der Waals surface area (Å²) in [5.74, 6) is 2.93. The van der Waals surface area contributed by atoms with E-state index in [0.29, 0.717) is 0 Å². The van der Waals surface area contributed by atoms with Crippen LogP contribution in [0.2, 0.25) is 0 Å². The standard InChI is InChI=1S/C19H26N4S2/c1-15-12-22-18(25-15)8-10-21-19(20-2)23-11-9-16(13-23)14-24-17-6-4-3-5-7-17/h3-7,12,16H,8-11,13-14H2,1-2H3,(H,20,21). The van der Waals surface area contributed by atoms with Crippen LogP contribution in [0, 0.1) is 12.8 Å². The number of nitrogens with one attached hydrogen (secondary N) is 1. The van der Waals surface area contributed by atoms with E-state index in [0.717, 1.165) is 37.9 Å². The molecule has 0 spiro atoms. The van der Waals surface area contributed by atoms with Crippen LogP contribution < -0.4 is 5.32 Å². The number of thiazole rings is 1. The lowest BCUT2D eigenvalue weighted by Crippen LogP contribution is -2.41. The van der Waals surface area contributed by atoms with Crippen molar-refractivity contribution in [2.45, 2.75) is 24.7 Å². The number of hydrogen-bond acceptors (Lipinski definition) is 4. The van der Waals surface area contributed by atoms with E-state index in [2.05, 4.69) is 57.4 Å². The van der Waals surface area contributed by atoms with Crippen LogP contribution in [0.3, 0.4) is 0 Å². The topological polar surface area (TPSA) is 40.5 Å². The van der Waals surface area contributed by atoms with Gasteiger partial charge in [-0.3, -0.25) is 4.99 Å². The number of rotatable bonds is 6. The Kier molecular flexibility index (Phi) is 6.76. The quantitative estimate of drug-likeness (QED) is 0.476. The molecule has 1 aromatic heterocycles. The Bertz CT molecular complexity index is 684. The SMILES string of the molecule is CN=C(NCCc1ncc(C)s1)N1CCC(CSc2ccccc2)C1. The maximum absolute atomic E-state index is 4.47. The van der Waals surface area contributed by atoms with Gasteiger partial charge in [-0.05, 0) is 31.4 Å². The van der Waals surface area contributed by atoms with Crippen molar-refractivity contribution in [3.8, 4) is 0 Å². The lowest BCUT2D eigenvalue weighted by molar-refractivity contribution is 0.475. The smallest absolute Gasteiger partial charge is 0.193 e. The molecule has 2 aromatic rings. The zero-order valence-corrected chi connectivity index (χ0v) is 16.6. The van der Waals surface area contributed by atoms with E-state index >= 15 is 0 Å². The first-order valence-electron chi connectivity index (χ1n) is 8.79. The Morgan fingerprint density at radius 1 is 1.40 bits per heavy atom. The van der Waals surface area contributed by atoms with Gasteiger partial charge in [-0.1, -0.05) is 18.2 Å². The number of aliphatic imine (C=N–C) groups is 1. The summed E-state index contributed by atoms with van der Waals surface area (Å²) in [6, 6.07) is 10.7. The molecule has 6 heteroatoms. The van der Waals surface area contributed by atoms with Crippen molar-refractivity contribution in [3.05, 3.63) is 46.4 Å². The highest BCUT2D eigenvalue weighted by molar-refractivity contribution is 7.99. The zero-order chi connectivity index (χ0) is 17.5. The second-order valence-electron chi connectivity index (χ2n) is 6.31. The summed E-state index contributed by atoms with van der Waals surface area (Å²) in [5.41, 5.74) is 0. The minimum atomic E-state index is 0.727. The summed E-state index contributed by atoms with van der Waals surface area (Å²) >= 11 is 3.74. The molecule has 2 heterocycles. The maximum Gasteiger partial charge on any atom is 0.193 e. The van der Waals surface area contributed by atoms with Gasteiger partial charge in [0.15, 0.2) is 5.96 Å². The molecular weight excluding hydrogens is 348 g/mol. The molecule has 3 rings (SSSR count). The van der Waals surface area contributed by atoms with Crippen molar-refractivity contribution in [2.75, 3.05) is 32.4 Å². The lowest BCUT2D eigenvalue weighted by atomic mass is 10.2. The average molecular weight is 375 g/mol. The average Bonchev–Trinajstić information content (AvgIpc) is 3.27. The Labute approximate surface area is 158 Å². The summed E-state index contributed by atoms with van der Waals surface area (Å²) < 4.78 is 0. The molecule has 1 unspecified atom stereocenters. The van der Waals surface area contributed by atoms with Crippen molar-refractivity contribution in [3.63, 3.8) is 0 Å². The first-order chi connectivity index (χ1) is 12.2. The van der Waals surface area contributed by atoms with E-state index in [1.54, 1.807) is 11.3 Å². The van der Waals surface area contributed by atoms with Crippen LogP contribution in [-0.2, 0) is 6.42 Å². The maximum atomic E-state index is 4.47. The van der Waals surface area contributed by atoms with E-state index < -0.39 is 0 Å². The highest BCUT2D eigenvalue weighted by atomic mass is 32.2. The van der Waals surface area contributed by atoms with Crippen molar-refractivity contribution >= 4 is 29.1 Å². The zero-order valence-electron chi connectivity index (χ0n) is 14.9. The number of benzene rings is 1. The number of nitrogens with zero attached hydrogens (tertiary/aromatic N) is 3. The number of guanidine groups is 1. The third kappa shape index (κ3) is 5.47. The summed E-state index contributed by atoms with van der Waals surface area (Å²) in [5, 5.41) is 4.69. The van der Waals surface area contributed by atoms with Gasteiger partial charge in [0.2, 0.25) is 0 Å². The van der Waals surface area contributed by atoms with E-state index in [4.69, 9.17) is 0 Å². The van der Waals surface area contributed by atoms with Gasteiger partial charge < -0.3 is 10.2 Å². The highest BCUT2D eigenvalue weighted by Crippen LogP contribution is 2.25. The minimum Gasteiger partial charge on any atom is -0.356 e. The Hall–Kier alpha value is -1.53. The Balaban J connectivity index is 1.41. The fraction of sp³-hybridized carbons (Fsp3) is 0.474. The number of aromatic nitrogens is 1. The molecule has 0 aliphatic carbocycles. The normalized spacial score (nSPS) is 17.9. The van der Waals surface area contributed by atoms with Crippen molar-refractivity contribution in [2.24, 2.45) is 10.9 Å². The minimum absolute atomic E-state index is 0.727. The molecule has 0 amide bonds. The van der Waals surface area contributed by atoms with Gasteiger partial charge in [-0.2, -0.15) is 0 Å². The fourth-order valence-corrected chi connectivity index (χ4v) is 4.86. The Morgan fingerprint density at radius 2 is 2.24 bits per heavy atom. The molecule has 0 radical (unpaired) electrons. The molecule has 25 heavy (non-hydrogen) atoms. The largest absolute Gasteiger partial charge is 0.356 e. The first kappa shape index (κ1) is 18.3. The third-order valence-corrected chi connectivity index (χ3v) is 6.53. The van der Waals surface area contributed by atoms with Crippen LogP contribution >= 0.6 is 23.1 Å². The van der Waals surface area contributed by atoms with E-state index in [9.17, 15) is 0 Å². The fourth-order valence-electron chi connectivity index (χ4n) is 3.02. The van der Waals surface area contributed by atoms with Crippen LogP contribution in [0.15, 0.2) is 46.4 Å². The summed E-state index contributed by atoms with van der Waals surface area (Å²) in [7, 11) is 1.88. The summed E-state index contributed by atoms with van der Waals surface area (Å²) in [6.07, 6.45) is 4.15. The van der Waals surface area contributed by atoms with Crippen LogP contribution in [0.4, 0.5) is 0 Å². The molecule has 1 N–H and O–H groups in total. The molecule has 1 aliphatic heterocycles. The van der Waals surface area contributed by atoms with Crippen molar-refractivity contribution < 1.29 is 0 Å². The van der Waals surface area contributed by atoms with Gasteiger partial charge in [-0.25, -0.2) is 4.98 Å². The number of thioether (sulfide) groups is 1. The summed E-state index contributed by atoms with van der Waals surface area (Å²) in [6.45, 7) is 5.18. The molecule has 4 nitrogen and oxygen atoms in total. The van der Waals surface area contributed by atoms with Gasteiger partial charge in [-0.15, -0.1) is 23.1 Å². The van der Waals surface area contributed by atoms with E-state index in [1.807, 2.05) is 25.0 Å². The second-order valence-corrected chi connectivity index (χ2v) is 8.73. The molecule has 1 aliphatic rings. The lowest BCUT2D eigenvalue weighted by Gasteiger charge is -2.21. The van der Waals surface area contributed by atoms with Gasteiger partial charge in [0.25, 0.3) is 0 Å². The van der Waals surface area contributed by atoms with Gasteiger partial charge >= 0.3 is 0 Å². The number of hydrogen-bond donors (Lipinski definition) is 1. The molecule has 1 atom stereocenters. The molecular formula is C19H26N4S2. The van der Waals surface area contributed by atoms with Crippen LogP contribution in [-0.4, -0.2) is 48.3 Å². The van der Waals surface area contributed by atoms with Crippen molar-refractivity contribution in [1.29, 1.82) is 0 Å². The van der Waals surface area contributed by atoms with Gasteiger partial charge in [0, 0.05) is 54.8 Å². The van der Waals surface area contributed by atoms with Crippen LogP contribution in [0.5, 0.6) is 0 Å². The predicted octanol–water partition coefficient (Wildman–Crippen LogP) is 3.68. The molecule has 1 aromatic carbocycles. The first-order valence-corrected chi connectivity index (χ1v) is 10.6. The molecule has 0 saturated carbocycles. The summed E-state index contributed by atoms with van der Waals surface area (Å²) in [4.78, 5) is 13.9. The predicted molar refractivity (Wildman–Crippen MR) is 109 cm³/mol. The number of aryl methyl sites for hydroxylation is 1. The van der Waals surface area contributed by atoms with E-state index in [1.165, 1.54) is 27.0 Å². The van der Waals surface area contributed by atoms with Crippen LogP contribution in [0.25, 0.3) is 0 Å². The highest BCUT2D eigenvalue weighted by Gasteiger charge is 2.24. The monoisotopic (exact) mass is 374 g/mol. The van der Waals surface area contributed by atoms with Gasteiger partial charge in [0.1, 0.15) is 0 Å². The molecule has 0 bridgehead atoms. The van der Waals surface area contributed by atoms with Crippen LogP contribution in [0.1, 0.15) is 16.3 Å². The molecule has 134 valence electrons. The van der Waals surface area contributed by atoms with Crippen molar-refractivity contribution in [1.82, 2.24) is 15.2 Å². The van der Waals surface area contributed by atoms with E-state index in [-0.39, 0.29) is 0 Å². The third-order valence-electron chi connectivity index (χ3n) is 4.32. The Morgan fingerprint density at radius 3 is 2.96 bits per heavy atom. The molecule has 1 saturated heterocycles. The number of likely N-dealkylation sites (tertiary alicyclic amines) is 1. The second kappa shape index (κ2) is 9.25.